The van der Waals surface area contributed by atoms with E-state index in [9.17, 15) is 4.79 Å². The first-order chi connectivity index (χ1) is 6.79. The smallest absolute Gasteiger partial charge is 0.340 e. The summed E-state index contributed by atoms with van der Waals surface area (Å²) >= 11 is 0. The Labute approximate surface area is 79.7 Å². The van der Waals surface area contributed by atoms with E-state index in [-0.39, 0.29) is 5.69 Å². The largest absolute Gasteiger partial charge is 0.497 e. The lowest BCUT2D eigenvalue weighted by Crippen LogP contribution is -2.00. The van der Waals surface area contributed by atoms with E-state index in [4.69, 9.17) is 4.74 Å². The van der Waals surface area contributed by atoms with E-state index in [1.54, 1.807) is 7.11 Å². The molecule has 5 heteroatoms. The Morgan fingerprint density at radius 2 is 2.00 bits per heavy atom. The van der Waals surface area contributed by atoms with E-state index < -0.39 is 0 Å². The van der Waals surface area contributed by atoms with Crippen LogP contribution in [0, 0.1) is 0 Å². The Balaban J connectivity index is 2.38. The lowest BCUT2D eigenvalue weighted by molar-refractivity contribution is 0.415. The second-order valence-electron chi connectivity index (χ2n) is 2.75. The Kier molecular flexibility index (Phi) is 2.06. The van der Waals surface area contributed by atoms with Crippen molar-refractivity contribution in [2.75, 3.05) is 7.11 Å². The molecule has 2 N–H and O–H groups in total. The van der Waals surface area contributed by atoms with Gasteiger partial charge in [-0.25, -0.2) is 9.89 Å². The number of hydrogen-bond acceptors (Lipinski definition) is 3. The fraction of sp³-hybridized carbons (Fsp3) is 0.111. The van der Waals surface area contributed by atoms with Crippen LogP contribution in [0.2, 0.25) is 0 Å². The van der Waals surface area contributed by atoms with Gasteiger partial charge >= 0.3 is 5.69 Å². The number of methoxy groups -OCH3 is 1. The average molecular weight is 191 g/mol. The van der Waals surface area contributed by atoms with E-state index in [0.717, 1.165) is 11.3 Å². The number of benzene rings is 1. The maximum atomic E-state index is 10.8. The summed E-state index contributed by atoms with van der Waals surface area (Å²) in [5.74, 6) is 1.30. The second-order valence-corrected chi connectivity index (χ2v) is 2.75. The minimum absolute atomic E-state index is 0.309. The zero-order chi connectivity index (χ0) is 9.97. The van der Waals surface area contributed by atoms with Crippen molar-refractivity contribution in [1.82, 2.24) is 15.2 Å². The molecule has 0 bridgehead atoms. The van der Waals surface area contributed by atoms with Gasteiger partial charge in [0.25, 0.3) is 0 Å². The van der Waals surface area contributed by atoms with Gasteiger partial charge in [-0.15, -0.1) is 0 Å². The number of H-pyrrole nitrogens is 2. The molecular formula is C9H9N3O2. The minimum Gasteiger partial charge on any atom is -0.497 e. The molecule has 0 aliphatic heterocycles. The first-order valence-electron chi connectivity index (χ1n) is 4.09. The van der Waals surface area contributed by atoms with Crippen LogP contribution in [0.25, 0.3) is 11.4 Å². The normalized spacial score (nSPS) is 10.1. The minimum atomic E-state index is -0.309. The quantitative estimate of drug-likeness (QED) is 0.736. The number of hydrogen-bond donors (Lipinski definition) is 2. The van der Waals surface area contributed by atoms with E-state index >= 15 is 0 Å². The zero-order valence-corrected chi connectivity index (χ0v) is 7.57. The van der Waals surface area contributed by atoms with Crippen molar-refractivity contribution in [2.45, 2.75) is 0 Å². The van der Waals surface area contributed by atoms with Crippen LogP contribution in [0.5, 0.6) is 5.75 Å². The van der Waals surface area contributed by atoms with Crippen molar-refractivity contribution < 1.29 is 4.74 Å². The van der Waals surface area contributed by atoms with Gasteiger partial charge in [0.2, 0.25) is 0 Å². The molecule has 5 nitrogen and oxygen atoms in total. The first-order valence-corrected chi connectivity index (χ1v) is 4.09. The molecule has 0 saturated heterocycles. The van der Waals surface area contributed by atoms with Crippen LogP contribution in [-0.4, -0.2) is 22.3 Å². The lowest BCUT2D eigenvalue weighted by atomic mass is 10.2. The second kappa shape index (κ2) is 3.37. The van der Waals surface area contributed by atoms with Gasteiger partial charge < -0.3 is 4.74 Å². The van der Waals surface area contributed by atoms with E-state index in [2.05, 4.69) is 15.2 Å². The summed E-state index contributed by atoms with van der Waals surface area (Å²) < 4.78 is 5.01. The van der Waals surface area contributed by atoms with Gasteiger partial charge in [0.1, 0.15) is 5.75 Å². The predicted molar refractivity (Wildman–Crippen MR) is 51.2 cm³/mol. The fourth-order valence-electron chi connectivity index (χ4n) is 1.16. The third kappa shape index (κ3) is 1.52. The van der Waals surface area contributed by atoms with Gasteiger partial charge in [-0.3, -0.25) is 4.98 Å². The van der Waals surface area contributed by atoms with Crippen LogP contribution >= 0.6 is 0 Å². The van der Waals surface area contributed by atoms with Crippen molar-refractivity contribution in [3.8, 4) is 17.1 Å². The fourth-order valence-corrected chi connectivity index (χ4v) is 1.16. The SMILES string of the molecule is COc1ccc(-c2n[nH]c(=O)[nH]2)cc1. The van der Waals surface area contributed by atoms with Crippen molar-refractivity contribution in [1.29, 1.82) is 0 Å². The molecule has 14 heavy (non-hydrogen) atoms. The van der Waals surface area contributed by atoms with Crippen LogP contribution in [0.15, 0.2) is 29.1 Å². The van der Waals surface area contributed by atoms with Crippen LogP contribution in [0.1, 0.15) is 0 Å². The van der Waals surface area contributed by atoms with E-state index in [0.29, 0.717) is 5.82 Å². The third-order valence-electron chi connectivity index (χ3n) is 1.86. The Bertz CT molecular complexity index is 469. The average Bonchev–Trinajstić information content (AvgIpc) is 2.65. The third-order valence-corrected chi connectivity index (χ3v) is 1.86. The summed E-state index contributed by atoms with van der Waals surface area (Å²) in [6, 6.07) is 7.26. The monoisotopic (exact) mass is 191 g/mol. The van der Waals surface area contributed by atoms with Gasteiger partial charge in [-0.2, -0.15) is 5.10 Å². The van der Waals surface area contributed by atoms with Gasteiger partial charge in [0, 0.05) is 5.56 Å². The summed E-state index contributed by atoms with van der Waals surface area (Å²) in [7, 11) is 1.60. The molecular weight excluding hydrogens is 182 g/mol. The van der Waals surface area contributed by atoms with Gasteiger partial charge in [0.15, 0.2) is 5.82 Å². The molecule has 2 rings (SSSR count). The zero-order valence-electron chi connectivity index (χ0n) is 7.57. The van der Waals surface area contributed by atoms with E-state index in [1.807, 2.05) is 24.3 Å². The number of aromatic nitrogens is 3. The molecule has 0 amide bonds. The molecule has 0 atom stereocenters. The Morgan fingerprint density at radius 3 is 2.50 bits per heavy atom. The van der Waals surface area contributed by atoms with Crippen LogP contribution in [0.3, 0.4) is 0 Å². The highest BCUT2D eigenvalue weighted by atomic mass is 16.5. The topological polar surface area (TPSA) is 70.8 Å². The number of ether oxygens (including phenoxy) is 1. The highest BCUT2D eigenvalue weighted by Gasteiger charge is 2.01. The number of nitrogens with one attached hydrogen (secondary N) is 2. The van der Waals surface area contributed by atoms with E-state index in [1.165, 1.54) is 0 Å². The number of aromatic amines is 2. The molecule has 0 spiro atoms. The molecule has 0 aliphatic rings. The summed E-state index contributed by atoms with van der Waals surface area (Å²) in [5, 5.41) is 6.11. The number of nitrogens with zero attached hydrogens (tertiary/aromatic N) is 1. The van der Waals surface area contributed by atoms with Crippen molar-refractivity contribution >= 4 is 0 Å². The van der Waals surface area contributed by atoms with Crippen molar-refractivity contribution in [3.63, 3.8) is 0 Å². The summed E-state index contributed by atoms with van der Waals surface area (Å²) in [6.45, 7) is 0. The summed E-state index contributed by atoms with van der Waals surface area (Å²) in [4.78, 5) is 13.4. The Morgan fingerprint density at radius 1 is 1.29 bits per heavy atom. The molecule has 0 radical (unpaired) electrons. The summed E-state index contributed by atoms with van der Waals surface area (Å²) in [6.07, 6.45) is 0. The lowest BCUT2D eigenvalue weighted by Gasteiger charge is -1.99. The molecule has 2 aromatic rings. The van der Waals surface area contributed by atoms with Crippen LogP contribution in [0.4, 0.5) is 0 Å². The molecule has 72 valence electrons. The predicted octanol–water partition coefficient (Wildman–Crippen LogP) is 0.774. The van der Waals surface area contributed by atoms with Crippen LogP contribution < -0.4 is 10.4 Å². The maximum absolute atomic E-state index is 10.8. The molecule has 1 heterocycles. The van der Waals surface area contributed by atoms with Crippen LogP contribution in [-0.2, 0) is 0 Å². The maximum Gasteiger partial charge on any atom is 0.340 e. The van der Waals surface area contributed by atoms with Crippen molar-refractivity contribution in [2.24, 2.45) is 0 Å². The first kappa shape index (κ1) is 8.55. The molecule has 0 saturated carbocycles. The van der Waals surface area contributed by atoms with Gasteiger partial charge in [-0.05, 0) is 24.3 Å². The molecule has 0 aliphatic carbocycles. The Hall–Kier alpha value is -2.04. The highest BCUT2D eigenvalue weighted by Crippen LogP contribution is 2.17. The number of rotatable bonds is 2. The molecule has 1 aromatic heterocycles. The van der Waals surface area contributed by atoms with Crippen molar-refractivity contribution in [3.05, 3.63) is 34.7 Å². The standard InChI is InChI=1S/C9H9N3O2/c1-14-7-4-2-6(3-5-7)8-10-9(13)12-11-8/h2-5H,1H3,(H2,10,11,12,13). The molecule has 0 fully saturated rings. The van der Waals surface area contributed by atoms with Gasteiger partial charge in [-0.1, -0.05) is 0 Å². The highest BCUT2D eigenvalue weighted by molar-refractivity contribution is 5.55. The van der Waals surface area contributed by atoms with Gasteiger partial charge in [0.05, 0.1) is 7.11 Å². The summed E-state index contributed by atoms with van der Waals surface area (Å²) in [5.41, 5.74) is 0.528. The molecule has 0 unspecified atom stereocenters. The molecule has 1 aromatic carbocycles.